The Bertz CT molecular complexity index is 1000. The minimum atomic E-state index is -0.505. The maximum atomic E-state index is 12.9. The van der Waals surface area contributed by atoms with Crippen LogP contribution in [0.4, 0.5) is 5.69 Å². The fourth-order valence-electron chi connectivity index (χ4n) is 4.62. The number of hydrogen-bond acceptors (Lipinski definition) is 7. The average Bonchev–Trinajstić information content (AvgIpc) is 3.16. The first-order valence-corrected chi connectivity index (χ1v) is 12.4. The van der Waals surface area contributed by atoms with E-state index < -0.39 is 12.0 Å². The van der Waals surface area contributed by atoms with Gasteiger partial charge in [0.2, 0.25) is 5.91 Å². The predicted octanol–water partition coefficient (Wildman–Crippen LogP) is 2.29. The van der Waals surface area contributed by atoms with Crippen molar-refractivity contribution in [2.24, 2.45) is 0 Å². The van der Waals surface area contributed by atoms with E-state index in [9.17, 15) is 14.4 Å². The number of anilines is 1. The number of ether oxygens (including phenoxy) is 1. The Labute approximate surface area is 206 Å². The third-order valence-electron chi connectivity index (χ3n) is 6.54. The fourth-order valence-corrected chi connectivity index (χ4v) is 4.62. The van der Waals surface area contributed by atoms with E-state index in [-0.39, 0.29) is 18.2 Å². The summed E-state index contributed by atoms with van der Waals surface area (Å²) in [5.74, 6) is -0.894. The maximum Gasteiger partial charge on any atom is 0.338 e. The second kappa shape index (κ2) is 12.1. The van der Waals surface area contributed by atoms with E-state index in [1.54, 1.807) is 31.2 Å². The van der Waals surface area contributed by atoms with Gasteiger partial charge in [0.1, 0.15) is 0 Å². The van der Waals surface area contributed by atoms with Gasteiger partial charge >= 0.3 is 5.97 Å². The van der Waals surface area contributed by atoms with E-state index in [2.05, 4.69) is 39.4 Å². The molecule has 8 heteroatoms. The maximum absolute atomic E-state index is 12.9. The van der Waals surface area contributed by atoms with Gasteiger partial charge in [-0.25, -0.2) is 9.69 Å². The van der Waals surface area contributed by atoms with Crippen molar-refractivity contribution in [1.82, 2.24) is 15.1 Å². The van der Waals surface area contributed by atoms with Crippen LogP contribution in [0.25, 0.3) is 0 Å². The van der Waals surface area contributed by atoms with Crippen molar-refractivity contribution in [2.45, 2.75) is 32.4 Å². The van der Waals surface area contributed by atoms with Crippen molar-refractivity contribution in [3.63, 3.8) is 0 Å². The Balaban J connectivity index is 1.17. The molecule has 35 heavy (non-hydrogen) atoms. The molecular weight excluding hydrogens is 444 g/mol. The zero-order valence-electron chi connectivity index (χ0n) is 20.3. The van der Waals surface area contributed by atoms with E-state index in [1.165, 1.54) is 10.5 Å². The quantitative estimate of drug-likeness (QED) is 0.319. The van der Waals surface area contributed by atoms with E-state index in [4.69, 9.17) is 4.74 Å². The van der Waals surface area contributed by atoms with Crippen molar-refractivity contribution in [1.29, 1.82) is 0 Å². The van der Waals surface area contributed by atoms with Crippen LogP contribution in [-0.4, -0.2) is 79.5 Å². The lowest BCUT2D eigenvalue weighted by Crippen LogP contribution is -2.46. The van der Waals surface area contributed by atoms with E-state index in [1.807, 2.05) is 6.07 Å². The molecule has 0 bridgehead atoms. The van der Waals surface area contributed by atoms with Gasteiger partial charge in [0.15, 0.2) is 0 Å². The molecular formula is C27H34N4O4. The van der Waals surface area contributed by atoms with Crippen molar-refractivity contribution < 1.29 is 19.1 Å². The molecule has 2 amide bonds. The van der Waals surface area contributed by atoms with Crippen molar-refractivity contribution in [2.75, 3.05) is 50.8 Å². The molecule has 2 saturated heterocycles. The number of imide groups is 1. The van der Waals surface area contributed by atoms with Crippen LogP contribution >= 0.6 is 0 Å². The molecule has 0 spiro atoms. The largest absolute Gasteiger partial charge is 0.462 e. The van der Waals surface area contributed by atoms with Crippen LogP contribution in [0.3, 0.4) is 0 Å². The van der Waals surface area contributed by atoms with Crippen LogP contribution in [0.15, 0.2) is 54.6 Å². The van der Waals surface area contributed by atoms with Crippen LogP contribution in [0.1, 0.15) is 35.7 Å². The lowest BCUT2D eigenvalue weighted by atomic mass is 10.2. The van der Waals surface area contributed by atoms with Gasteiger partial charge in [-0.05, 0) is 56.3 Å². The van der Waals surface area contributed by atoms with Crippen LogP contribution in [0.2, 0.25) is 0 Å². The van der Waals surface area contributed by atoms with Gasteiger partial charge in [-0.2, -0.15) is 0 Å². The summed E-state index contributed by atoms with van der Waals surface area (Å²) in [6.45, 7) is 8.89. The minimum absolute atomic E-state index is 0.149. The molecule has 2 heterocycles. The number of nitrogens with zero attached hydrogens (tertiary/aromatic N) is 3. The fraction of sp³-hybridized carbons (Fsp3) is 0.444. The zero-order valence-corrected chi connectivity index (χ0v) is 20.3. The molecule has 0 radical (unpaired) electrons. The van der Waals surface area contributed by atoms with Gasteiger partial charge in [0.25, 0.3) is 5.91 Å². The van der Waals surface area contributed by atoms with E-state index >= 15 is 0 Å². The van der Waals surface area contributed by atoms with E-state index in [0.29, 0.717) is 24.4 Å². The predicted molar refractivity (Wildman–Crippen MR) is 134 cm³/mol. The first-order valence-electron chi connectivity index (χ1n) is 12.4. The SMILES string of the molecule is CCOC(=O)c1ccc(N2C(=O)C[C@@H](NCCCN3CCN(Cc4ccccc4)CC3)C2=O)cc1. The molecule has 2 aliphatic heterocycles. The molecule has 0 aromatic heterocycles. The number of nitrogens with one attached hydrogen (secondary N) is 1. The second-order valence-electron chi connectivity index (χ2n) is 9.00. The molecule has 2 aromatic rings. The van der Waals surface area contributed by atoms with Gasteiger partial charge in [0.05, 0.1) is 30.3 Å². The lowest BCUT2D eigenvalue weighted by molar-refractivity contribution is -0.121. The van der Waals surface area contributed by atoms with Crippen molar-refractivity contribution >= 4 is 23.5 Å². The van der Waals surface area contributed by atoms with Crippen LogP contribution in [0.5, 0.6) is 0 Å². The van der Waals surface area contributed by atoms with Crippen LogP contribution in [0, 0.1) is 0 Å². The average molecular weight is 479 g/mol. The van der Waals surface area contributed by atoms with Gasteiger partial charge in [0, 0.05) is 32.7 Å². The summed E-state index contributed by atoms with van der Waals surface area (Å²) in [4.78, 5) is 43.4. The molecule has 4 rings (SSSR count). The monoisotopic (exact) mass is 478 g/mol. The lowest BCUT2D eigenvalue weighted by Gasteiger charge is -2.34. The third kappa shape index (κ3) is 6.54. The third-order valence-corrected chi connectivity index (χ3v) is 6.54. The van der Waals surface area contributed by atoms with Crippen molar-refractivity contribution in [3.05, 3.63) is 65.7 Å². The summed E-state index contributed by atoms with van der Waals surface area (Å²) in [6, 6.07) is 16.4. The Morgan fingerprint density at radius 2 is 1.66 bits per heavy atom. The molecule has 0 unspecified atom stereocenters. The Morgan fingerprint density at radius 1 is 0.971 bits per heavy atom. The molecule has 2 aliphatic rings. The molecule has 1 atom stereocenters. The Hall–Kier alpha value is -3.07. The first-order chi connectivity index (χ1) is 17.0. The number of rotatable bonds is 10. The molecule has 2 aromatic carbocycles. The number of carbonyl (C=O) groups is 3. The van der Waals surface area contributed by atoms with Crippen molar-refractivity contribution in [3.8, 4) is 0 Å². The second-order valence-corrected chi connectivity index (χ2v) is 9.00. The number of benzene rings is 2. The highest BCUT2D eigenvalue weighted by molar-refractivity contribution is 6.22. The molecule has 0 saturated carbocycles. The number of piperazine rings is 1. The number of hydrogen-bond donors (Lipinski definition) is 1. The van der Waals surface area contributed by atoms with Crippen LogP contribution in [-0.2, 0) is 20.9 Å². The summed E-state index contributed by atoms with van der Waals surface area (Å²) < 4.78 is 4.98. The van der Waals surface area contributed by atoms with E-state index in [0.717, 1.165) is 45.7 Å². The van der Waals surface area contributed by atoms with Gasteiger partial charge in [-0.1, -0.05) is 30.3 Å². The zero-order chi connectivity index (χ0) is 24.6. The van der Waals surface area contributed by atoms with Gasteiger partial charge < -0.3 is 15.0 Å². The Kier molecular flexibility index (Phi) is 8.63. The van der Waals surface area contributed by atoms with Crippen LogP contribution < -0.4 is 10.2 Å². The topological polar surface area (TPSA) is 82.2 Å². The minimum Gasteiger partial charge on any atom is -0.462 e. The highest BCUT2D eigenvalue weighted by Crippen LogP contribution is 2.23. The molecule has 2 fully saturated rings. The summed E-state index contributed by atoms with van der Waals surface area (Å²) in [5, 5.41) is 3.27. The Morgan fingerprint density at radius 3 is 2.34 bits per heavy atom. The van der Waals surface area contributed by atoms with Gasteiger partial charge in [-0.15, -0.1) is 0 Å². The molecule has 186 valence electrons. The molecule has 0 aliphatic carbocycles. The summed E-state index contributed by atoms with van der Waals surface area (Å²) >= 11 is 0. The molecule has 8 nitrogen and oxygen atoms in total. The smallest absolute Gasteiger partial charge is 0.338 e. The highest BCUT2D eigenvalue weighted by Gasteiger charge is 2.39. The number of amides is 2. The highest BCUT2D eigenvalue weighted by atomic mass is 16.5. The standard InChI is InChI=1S/C27H34N4O4/c1-2-35-27(34)22-9-11-23(12-10-22)31-25(32)19-24(26(31)33)28-13-6-14-29-15-17-30(18-16-29)20-21-7-4-3-5-8-21/h3-5,7-12,24,28H,2,6,13-20H2,1H3/t24-/m1/s1. The normalized spacial score (nSPS) is 19.3. The number of carbonyl (C=O) groups excluding carboxylic acids is 3. The first kappa shape index (κ1) is 25.0. The summed E-state index contributed by atoms with van der Waals surface area (Å²) in [6.07, 6.45) is 1.07. The van der Waals surface area contributed by atoms with Gasteiger partial charge in [-0.3, -0.25) is 14.5 Å². The summed E-state index contributed by atoms with van der Waals surface area (Å²) in [7, 11) is 0. The molecule has 1 N–H and O–H groups in total. The summed E-state index contributed by atoms with van der Waals surface area (Å²) in [5.41, 5.74) is 2.22. The number of esters is 1.